The van der Waals surface area contributed by atoms with E-state index in [9.17, 15) is 14.6 Å². The molecule has 0 saturated carbocycles. The molecule has 2 aromatic rings. The summed E-state index contributed by atoms with van der Waals surface area (Å²) in [4.78, 5) is 1.99. The van der Waals surface area contributed by atoms with E-state index in [0.29, 0.717) is 44.7 Å². The molecule has 1 saturated heterocycles. The second-order valence-electron chi connectivity index (χ2n) is 6.74. The van der Waals surface area contributed by atoms with E-state index < -0.39 is 0 Å². The Morgan fingerprint density at radius 1 is 1.12 bits per heavy atom. The van der Waals surface area contributed by atoms with Crippen LogP contribution in [0.1, 0.15) is 29.5 Å². The molecule has 2 aromatic carbocycles. The lowest BCUT2D eigenvalue weighted by atomic mass is 10.1. The summed E-state index contributed by atoms with van der Waals surface area (Å²) < 4.78 is 14.4. The van der Waals surface area contributed by atoms with Gasteiger partial charge in [0.15, 0.2) is 0 Å². The lowest BCUT2D eigenvalue weighted by Crippen LogP contribution is -2.36. The van der Waals surface area contributed by atoms with E-state index in [1.54, 1.807) is 12.1 Å². The van der Waals surface area contributed by atoms with Crippen LogP contribution in [0.3, 0.4) is 0 Å². The molecule has 0 spiro atoms. The third-order valence-electron chi connectivity index (χ3n) is 4.70. The number of hydrogen-bond acceptors (Lipinski definition) is 4. The fourth-order valence-electron chi connectivity index (χ4n) is 3.22. The first-order valence-electron chi connectivity index (χ1n) is 8.73. The van der Waals surface area contributed by atoms with Crippen molar-refractivity contribution in [3.8, 4) is 5.75 Å². The fourth-order valence-corrected chi connectivity index (χ4v) is 3.22. The predicted molar refractivity (Wildman–Crippen MR) is 97.2 cm³/mol. The standard InChI is InChI=1S/C20H25FN2O2/c1-14-2-5-20(25)16(10-14)13-22-12-15-3-4-19(18(21)11-15)23-8-6-17(24)7-9-23/h2-5,10-11,17,22,24-25H,6-9,12-13H2,1H3. The van der Waals surface area contributed by atoms with Gasteiger partial charge in [0, 0.05) is 31.7 Å². The molecule has 0 bridgehead atoms. The number of hydrogen-bond donors (Lipinski definition) is 3. The molecule has 0 aliphatic carbocycles. The second kappa shape index (κ2) is 7.85. The van der Waals surface area contributed by atoms with Gasteiger partial charge in [-0.1, -0.05) is 23.8 Å². The van der Waals surface area contributed by atoms with Gasteiger partial charge in [0.25, 0.3) is 0 Å². The first kappa shape index (κ1) is 17.7. The Hall–Kier alpha value is -2.11. The molecule has 25 heavy (non-hydrogen) atoms. The molecule has 0 radical (unpaired) electrons. The van der Waals surface area contributed by atoms with Crippen molar-refractivity contribution in [1.82, 2.24) is 5.32 Å². The maximum absolute atomic E-state index is 14.4. The lowest BCUT2D eigenvalue weighted by Gasteiger charge is -2.31. The number of phenols is 1. The van der Waals surface area contributed by atoms with E-state index in [2.05, 4.69) is 5.32 Å². The van der Waals surface area contributed by atoms with Gasteiger partial charge in [-0.3, -0.25) is 0 Å². The number of halogens is 1. The molecule has 5 heteroatoms. The van der Waals surface area contributed by atoms with Gasteiger partial charge in [-0.05, 0) is 43.5 Å². The van der Waals surface area contributed by atoms with Crippen molar-refractivity contribution < 1.29 is 14.6 Å². The van der Waals surface area contributed by atoms with Crippen LogP contribution in [-0.2, 0) is 13.1 Å². The maximum atomic E-state index is 14.4. The highest BCUT2D eigenvalue weighted by molar-refractivity contribution is 5.49. The number of aliphatic hydroxyl groups is 1. The quantitative estimate of drug-likeness (QED) is 0.780. The number of aryl methyl sites for hydroxylation is 1. The molecule has 4 nitrogen and oxygen atoms in total. The number of anilines is 1. The van der Waals surface area contributed by atoms with Crippen LogP contribution in [-0.4, -0.2) is 29.4 Å². The molecule has 0 aromatic heterocycles. The van der Waals surface area contributed by atoms with Crippen molar-refractivity contribution in [2.24, 2.45) is 0 Å². The van der Waals surface area contributed by atoms with E-state index in [1.807, 2.05) is 36.1 Å². The predicted octanol–water partition coefficient (Wildman–Crippen LogP) is 3.09. The van der Waals surface area contributed by atoms with Crippen LogP contribution in [0.25, 0.3) is 0 Å². The number of aliphatic hydroxyl groups excluding tert-OH is 1. The second-order valence-corrected chi connectivity index (χ2v) is 6.74. The Bertz CT molecular complexity index is 728. The Morgan fingerprint density at radius 3 is 2.60 bits per heavy atom. The van der Waals surface area contributed by atoms with Crippen LogP contribution in [0.15, 0.2) is 36.4 Å². The van der Waals surface area contributed by atoms with Gasteiger partial charge in [-0.25, -0.2) is 4.39 Å². The fraction of sp³-hybridized carbons (Fsp3) is 0.400. The smallest absolute Gasteiger partial charge is 0.146 e. The van der Waals surface area contributed by atoms with E-state index in [1.165, 1.54) is 0 Å². The first-order valence-corrected chi connectivity index (χ1v) is 8.73. The Labute approximate surface area is 147 Å². The molecule has 0 amide bonds. The summed E-state index contributed by atoms with van der Waals surface area (Å²) in [6, 6.07) is 10.8. The molecule has 134 valence electrons. The van der Waals surface area contributed by atoms with Gasteiger partial charge in [0.05, 0.1) is 11.8 Å². The van der Waals surface area contributed by atoms with Crippen molar-refractivity contribution >= 4 is 5.69 Å². The number of benzene rings is 2. The monoisotopic (exact) mass is 344 g/mol. The molecular formula is C20H25FN2O2. The van der Waals surface area contributed by atoms with Crippen LogP contribution < -0.4 is 10.2 Å². The molecule has 3 rings (SSSR count). The maximum Gasteiger partial charge on any atom is 0.146 e. The number of phenolic OH excluding ortho intramolecular Hbond substituents is 1. The van der Waals surface area contributed by atoms with Gasteiger partial charge < -0.3 is 20.4 Å². The largest absolute Gasteiger partial charge is 0.508 e. The summed E-state index contributed by atoms with van der Waals surface area (Å²) >= 11 is 0. The number of aromatic hydroxyl groups is 1. The third-order valence-corrected chi connectivity index (χ3v) is 4.70. The van der Waals surface area contributed by atoms with Crippen LogP contribution in [0, 0.1) is 12.7 Å². The summed E-state index contributed by atoms with van der Waals surface area (Å²) in [5.74, 6) is 0.0426. The van der Waals surface area contributed by atoms with Gasteiger partial charge in [0.1, 0.15) is 11.6 Å². The van der Waals surface area contributed by atoms with Crippen LogP contribution in [0.5, 0.6) is 5.75 Å². The highest BCUT2D eigenvalue weighted by Gasteiger charge is 2.19. The molecule has 0 unspecified atom stereocenters. The van der Waals surface area contributed by atoms with Crippen LogP contribution >= 0.6 is 0 Å². The van der Waals surface area contributed by atoms with E-state index in [0.717, 1.165) is 16.7 Å². The van der Waals surface area contributed by atoms with Crippen molar-refractivity contribution in [2.75, 3.05) is 18.0 Å². The Kier molecular flexibility index (Phi) is 5.56. The zero-order chi connectivity index (χ0) is 17.8. The van der Waals surface area contributed by atoms with Gasteiger partial charge >= 0.3 is 0 Å². The summed E-state index contributed by atoms with van der Waals surface area (Å²) in [5.41, 5.74) is 3.40. The van der Waals surface area contributed by atoms with E-state index in [4.69, 9.17) is 0 Å². The van der Waals surface area contributed by atoms with Gasteiger partial charge in [-0.15, -0.1) is 0 Å². The Balaban J connectivity index is 1.58. The Morgan fingerprint density at radius 2 is 1.88 bits per heavy atom. The molecule has 0 atom stereocenters. The summed E-state index contributed by atoms with van der Waals surface area (Å²) in [5, 5.41) is 22.7. The molecule has 1 fully saturated rings. The SMILES string of the molecule is Cc1ccc(O)c(CNCc2ccc(N3CCC(O)CC3)c(F)c2)c1. The summed E-state index contributed by atoms with van der Waals surface area (Å²) in [6.45, 7) is 4.41. The zero-order valence-electron chi connectivity index (χ0n) is 14.5. The lowest BCUT2D eigenvalue weighted by molar-refractivity contribution is 0.145. The average Bonchev–Trinajstić information content (AvgIpc) is 2.59. The van der Waals surface area contributed by atoms with Crippen molar-refractivity contribution in [3.63, 3.8) is 0 Å². The van der Waals surface area contributed by atoms with Crippen LogP contribution in [0.2, 0.25) is 0 Å². The minimum Gasteiger partial charge on any atom is -0.508 e. The van der Waals surface area contributed by atoms with Crippen molar-refractivity contribution in [2.45, 2.75) is 39.0 Å². The van der Waals surface area contributed by atoms with Gasteiger partial charge in [-0.2, -0.15) is 0 Å². The van der Waals surface area contributed by atoms with Gasteiger partial charge in [0.2, 0.25) is 0 Å². The molecule has 1 aliphatic heterocycles. The van der Waals surface area contributed by atoms with Crippen LogP contribution in [0.4, 0.5) is 10.1 Å². The molecule has 1 aliphatic rings. The summed E-state index contributed by atoms with van der Waals surface area (Å²) in [7, 11) is 0. The molecular weight excluding hydrogens is 319 g/mol. The summed E-state index contributed by atoms with van der Waals surface area (Å²) in [6.07, 6.45) is 1.10. The number of nitrogens with zero attached hydrogens (tertiary/aromatic N) is 1. The number of piperidine rings is 1. The number of nitrogens with one attached hydrogen (secondary N) is 1. The zero-order valence-corrected chi connectivity index (χ0v) is 14.5. The molecule has 1 heterocycles. The topological polar surface area (TPSA) is 55.7 Å². The highest BCUT2D eigenvalue weighted by Crippen LogP contribution is 2.24. The average molecular weight is 344 g/mol. The first-order chi connectivity index (χ1) is 12.0. The minimum atomic E-state index is -0.263. The number of rotatable bonds is 5. The van der Waals surface area contributed by atoms with E-state index in [-0.39, 0.29) is 17.7 Å². The van der Waals surface area contributed by atoms with Crippen molar-refractivity contribution in [3.05, 3.63) is 58.9 Å². The third kappa shape index (κ3) is 4.50. The van der Waals surface area contributed by atoms with E-state index >= 15 is 0 Å². The molecule has 3 N–H and O–H groups in total. The van der Waals surface area contributed by atoms with Crippen molar-refractivity contribution in [1.29, 1.82) is 0 Å². The minimum absolute atomic E-state index is 0.228. The highest BCUT2D eigenvalue weighted by atomic mass is 19.1. The normalized spacial score (nSPS) is 15.6.